The van der Waals surface area contributed by atoms with E-state index in [1.165, 1.54) is 6.08 Å². The number of nitrogens with zero attached hydrogens (tertiary/aromatic N) is 1. The van der Waals surface area contributed by atoms with Gasteiger partial charge in [0.1, 0.15) is 0 Å². The van der Waals surface area contributed by atoms with Crippen LogP contribution in [-0.2, 0) is 4.79 Å². The molecule has 5 heteroatoms. The first kappa shape index (κ1) is 17.3. The van der Waals surface area contributed by atoms with Crippen LogP contribution in [0.3, 0.4) is 0 Å². The molecule has 0 spiro atoms. The van der Waals surface area contributed by atoms with Gasteiger partial charge < -0.3 is 10.0 Å². The van der Waals surface area contributed by atoms with E-state index in [9.17, 15) is 9.59 Å². The molecule has 0 radical (unpaired) electrons. The smallest absolute Gasteiger partial charge is 0.328 e. The first-order valence-corrected chi connectivity index (χ1v) is 8.04. The highest BCUT2D eigenvalue weighted by atomic mass is 32.2. The van der Waals surface area contributed by atoms with Gasteiger partial charge in [-0.3, -0.25) is 4.79 Å². The lowest BCUT2D eigenvalue weighted by molar-refractivity contribution is -0.131. The molecule has 1 rings (SSSR count). The third kappa shape index (κ3) is 4.93. The minimum absolute atomic E-state index is 0.0200. The highest BCUT2D eigenvalue weighted by Crippen LogP contribution is 2.16. The molecule has 1 amide bonds. The SMILES string of the molecule is CSCC(C)N(C)C(=O)c1ccc(/C=C/C(=O)O)c(C)c1. The van der Waals surface area contributed by atoms with Crippen LogP contribution in [0.1, 0.15) is 28.4 Å². The van der Waals surface area contributed by atoms with E-state index in [4.69, 9.17) is 5.11 Å². The zero-order valence-electron chi connectivity index (χ0n) is 12.8. The Hall–Kier alpha value is -1.75. The monoisotopic (exact) mass is 307 g/mol. The van der Waals surface area contributed by atoms with Crippen molar-refractivity contribution in [1.29, 1.82) is 0 Å². The molecule has 0 bridgehead atoms. The molecular weight excluding hydrogens is 286 g/mol. The van der Waals surface area contributed by atoms with Crippen molar-refractivity contribution in [3.63, 3.8) is 0 Å². The Morgan fingerprint density at radius 3 is 2.62 bits per heavy atom. The number of aliphatic carboxylic acids is 1. The van der Waals surface area contributed by atoms with E-state index in [-0.39, 0.29) is 11.9 Å². The Morgan fingerprint density at radius 1 is 1.43 bits per heavy atom. The number of hydrogen-bond acceptors (Lipinski definition) is 3. The molecule has 0 saturated heterocycles. The van der Waals surface area contributed by atoms with Gasteiger partial charge in [0.05, 0.1) is 0 Å². The van der Waals surface area contributed by atoms with E-state index >= 15 is 0 Å². The van der Waals surface area contributed by atoms with E-state index in [2.05, 4.69) is 0 Å². The van der Waals surface area contributed by atoms with Gasteiger partial charge in [-0.15, -0.1) is 0 Å². The quantitative estimate of drug-likeness (QED) is 0.821. The lowest BCUT2D eigenvalue weighted by Gasteiger charge is -2.24. The number of carbonyl (C=O) groups excluding carboxylic acids is 1. The molecule has 114 valence electrons. The predicted molar refractivity (Wildman–Crippen MR) is 87.8 cm³/mol. The molecule has 1 N–H and O–H groups in total. The minimum atomic E-state index is -0.986. The summed E-state index contributed by atoms with van der Waals surface area (Å²) in [5.41, 5.74) is 2.30. The van der Waals surface area contributed by atoms with Gasteiger partial charge in [0.2, 0.25) is 0 Å². The van der Waals surface area contributed by atoms with Crippen molar-refractivity contribution < 1.29 is 14.7 Å². The number of thioether (sulfide) groups is 1. The standard InChI is InChI=1S/C16H21NO3S/c1-11-9-14(6-5-13(11)7-8-15(18)19)16(20)17(3)12(2)10-21-4/h5-9,12H,10H2,1-4H3,(H,18,19)/b8-7+. The molecule has 1 unspecified atom stereocenters. The molecule has 0 fully saturated rings. The summed E-state index contributed by atoms with van der Waals surface area (Å²) in [5, 5.41) is 8.64. The molecule has 4 nitrogen and oxygen atoms in total. The fourth-order valence-corrected chi connectivity index (χ4v) is 2.62. The summed E-state index contributed by atoms with van der Waals surface area (Å²) in [4.78, 5) is 24.7. The number of hydrogen-bond donors (Lipinski definition) is 1. The molecule has 0 aromatic heterocycles. The average Bonchev–Trinajstić information content (AvgIpc) is 2.44. The summed E-state index contributed by atoms with van der Waals surface area (Å²) in [6.45, 7) is 3.88. The van der Waals surface area contributed by atoms with Crippen LogP contribution >= 0.6 is 11.8 Å². The van der Waals surface area contributed by atoms with Crippen molar-refractivity contribution in [1.82, 2.24) is 4.90 Å². The van der Waals surface area contributed by atoms with Crippen molar-refractivity contribution in [2.45, 2.75) is 19.9 Å². The first-order valence-electron chi connectivity index (χ1n) is 6.64. The lowest BCUT2D eigenvalue weighted by Crippen LogP contribution is -2.36. The summed E-state index contributed by atoms with van der Waals surface area (Å²) >= 11 is 1.71. The van der Waals surface area contributed by atoms with E-state index < -0.39 is 5.97 Å². The second-order valence-electron chi connectivity index (χ2n) is 4.96. The number of rotatable bonds is 6. The summed E-state index contributed by atoms with van der Waals surface area (Å²) in [6, 6.07) is 5.47. The molecule has 0 aliphatic carbocycles. The van der Waals surface area contributed by atoms with Gasteiger partial charge in [0.25, 0.3) is 5.91 Å². The van der Waals surface area contributed by atoms with E-state index in [1.807, 2.05) is 20.1 Å². The molecule has 1 aromatic carbocycles. The highest BCUT2D eigenvalue weighted by molar-refractivity contribution is 7.98. The number of carboxylic acids is 1. The van der Waals surface area contributed by atoms with Gasteiger partial charge in [-0.1, -0.05) is 6.07 Å². The van der Waals surface area contributed by atoms with Gasteiger partial charge in [-0.25, -0.2) is 4.79 Å². The van der Waals surface area contributed by atoms with E-state index in [0.29, 0.717) is 5.56 Å². The number of benzene rings is 1. The average molecular weight is 307 g/mol. The summed E-state index contributed by atoms with van der Waals surface area (Å²) in [7, 11) is 1.80. The van der Waals surface area contributed by atoms with E-state index in [1.54, 1.807) is 41.9 Å². The fourth-order valence-electron chi connectivity index (χ4n) is 1.91. The van der Waals surface area contributed by atoms with Crippen LogP contribution in [0.5, 0.6) is 0 Å². The number of carboxylic acid groups (broad SMARTS) is 1. The van der Waals surface area contributed by atoms with Crippen molar-refractivity contribution >= 4 is 29.7 Å². The van der Waals surface area contributed by atoms with Gasteiger partial charge >= 0.3 is 5.97 Å². The summed E-state index contributed by atoms with van der Waals surface area (Å²) in [5.74, 6) is -0.116. The second kappa shape index (κ2) is 7.88. The fraction of sp³-hybridized carbons (Fsp3) is 0.375. The molecule has 0 aliphatic heterocycles. The molecule has 1 aromatic rings. The predicted octanol–water partition coefficient (Wildman–Crippen LogP) is 2.92. The largest absolute Gasteiger partial charge is 0.478 e. The number of amides is 1. The number of aryl methyl sites for hydroxylation is 1. The Morgan fingerprint density at radius 2 is 2.10 bits per heavy atom. The normalized spacial score (nSPS) is 12.4. The zero-order valence-corrected chi connectivity index (χ0v) is 13.6. The third-order valence-corrected chi connectivity index (χ3v) is 4.13. The van der Waals surface area contributed by atoms with Crippen LogP contribution in [-0.4, -0.2) is 47.0 Å². The molecule has 1 atom stereocenters. The van der Waals surface area contributed by atoms with Gasteiger partial charge in [0.15, 0.2) is 0 Å². The van der Waals surface area contributed by atoms with Crippen molar-refractivity contribution in [3.05, 3.63) is 41.0 Å². The Kier molecular flexibility index (Phi) is 6.49. The maximum absolute atomic E-state index is 12.4. The lowest BCUT2D eigenvalue weighted by atomic mass is 10.0. The Labute approximate surface area is 129 Å². The third-order valence-electron chi connectivity index (χ3n) is 3.31. The van der Waals surface area contributed by atoms with Crippen LogP contribution in [0.15, 0.2) is 24.3 Å². The first-order chi connectivity index (χ1) is 9.86. The topological polar surface area (TPSA) is 57.6 Å². The van der Waals surface area contributed by atoms with Crippen LogP contribution in [0.25, 0.3) is 6.08 Å². The van der Waals surface area contributed by atoms with Gasteiger partial charge in [0, 0.05) is 30.5 Å². The van der Waals surface area contributed by atoms with Crippen LogP contribution < -0.4 is 0 Å². The van der Waals surface area contributed by atoms with Crippen molar-refractivity contribution in [3.8, 4) is 0 Å². The summed E-state index contributed by atoms with van der Waals surface area (Å²) in [6.07, 6.45) is 4.64. The summed E-state index contributed by atoms with van der Waals surface area (Å²) < 4.78 is 0. The maximum atomic E-state index is 12.4. The van der Waals surface area contributed by atoms with Gasteiger partial charge in [-0.2, -0.15) is 11.8 Å². The molecule has 21 heavy (non-hydrogen) atoms. The van der Waals surface area contributed by atoms with Crippen LogP contribution in [0.4, 0.5) is 0 Å². The molecular formula is C16H21NO3S. The van der Waals surface area contributed by atoms with Crippen LogP contribution in [0.2, 0.25) is 0 Å². The second-order valence-corrected chi connectivity index (χ2v) is 5.87. The molecule has 0 aliphatic rings. The highest BCUT2D eigenvalue weighted by Gasteiger charge is 2.17. The minimum Gasteiger partial charge on any atom is -0.478 e. The Balaban J connectivity index is 2.93. The van der Waals surface area contributed by atoms with Crippen LogP contribution in [0, 0.1) is 6.92 Å². The van der Waals surface area contributed by atoms with Crippen molar-refractivity contribution in [2.24, 2.45) is 0 Å². The molecule has 0 heterocycles. The Bertz CT molecular complexity index is 554. The maximum Gasteiger partial charge on any atom is 0.328 e. The van der Waals surface area contributed by atoms with Gasteiger partial charge in [-0.05, 0) is 49.4 Å². The molecule has 0 saturated carbocycles. The van der Waals surface area contributed by atoms with E-state index in [0.717, 1.165) is 23.0 Å². The number of carbonyl (C=O) groups is 2. The zero-order chi connectivity index (χ0) is 16.0. The van der Waals surface area contributed by atoms with Crippen molar-refractivity contribution in [2.75, 3.05) is 19.1 Å².